The second-order valence-electron chi connectivity index (χ2n) is 1.69. The number of hydrogen-bond acceptors (Lipinski definition) is 0. The van der Waals surface area contributed by atoms with Crippen LogP contribution in [-0.2, 0) is 0 Å². The maximum Gasteiger partial charge on any atom is 0.114 e. The van der Waals surface area contributed by atoms with Gasteiger partial charge in [0.05, 0.1) is 4.46 Å². The average Bonchev–Trinajstić information content (AvgIpc) is 1.61. The molecule has 0 unspecified atom stereocenters. The molecule has 0 bridgehead atoms. The fourth-order valence-electron chi connectivity index (χ4n) is 0.230. The largest absolute Gasteiger partial charge is 0.114 e. The van der Waals surface area contributed by atoms with Gasteiger partial charge in [-0.3, -0.25) is 0 Å². The zero-order chi connectivity index (χ0) is 6.57. The average molecular weight is 167 g/mol. The Hall–Kier alpha value is 0.537. The van der Waals surface area contributed by atoms with E-state index in [1.54, 1.807) is 0 Å². The minimum absolute atomic E-state index is 0.218. The van der Waals surface area contributed by atoms with Crippen LogP contribution in [0.1, 0.15) is 13.8 Å². The van der Waals surface area contributed by atoms with E-state index in [0.717, 1.165) is 0 Å². The van der Waals surface area contributed by atoms with Crippen LogP contribution >= 0.6 is 23.2 Å². The van der Waals surface area contributed by atoms with E-state index >= 15 is 0 Å². The fourth-order valence-corrected chi connectivity index (χ4v) is 1.07. The summed E-state index contributed by atoms with van der Waals surface area (Å²) in [6, 6.07) is 0. The first-order chi connectivity index (χ1) is 3.63. The molecule has 0 aromatic rings. The van der Waals surface area contributed by atoms with Crippen molar-refractivity contribution < 1.29 is 0 Å². The lowest BCUT2D eigenvalue weighted by Crippen LogP contribution is -1.96. The van der Waals surface area contributed by atoms with E-state index in [1.165, 1.54) is 5.57 Å². The van der Waals surface area contributed by atoms with Crippen molar-refractivity contribution in [1.82, 2.24) is 0 Å². The molecule has 0 saturated heterocycles. The lowest BCUT2D eigenvalue weighted by atomic mass is 10.4. The molecular formula is C5H8Cl2Si. The van der Waals surface area contributed by atoms with Gasteiger partial charge in [0, 0.05) is 0 Å². The Balaban J connectivity index is 3.29. The summed E-state index contributed by atoms with van der Waals surface area (Å²) >= 11 is 10.9. The first-order valence-corrected chi connectivity index (χ1v) is 4.33. The molecule has 0 aliphatic rings. The van der Waals surface area contributed by atoms with Crippen molar-refractivity contribution in [2.75, 3.05) is 0 Å². The van der Waals surface area contributed by atoms with Crippen LogP contribution in [0.3, 0.4) is 0 Å². The maximum absolute atomic E-state index is 5.46. The Bertz CT molecular complexity index is 84.4. The van der Waals surface area contributed by atoms with E-state index in [0.29, 0.717) is 9.52 Å². The lowest BCUT2D eigenvalue weighted by Gasteiger charge is -1.90. The van der Waals surface area contributed by atoms with Gasteiger partial charge in [-0.2, -0.15) is 0 Å². The van der Waals surface area contributed by atoms with Crippen LogP contribution < -0.4 is 0 Å². The van der Waals surface area contributed by atoms with E-state index in [4.69, 9.17) is 23.2 Å². The first-order valence-electron chi connectivity index (χ1n) is 2.30. The van der Waals surface area contributed by atoms with Crippen molar-refractivity contribution in [3.63, 3.8) is 0 Å². The van der Waals surface area contributed by atoms with Gasteiger partial charge in [0.1, 0.15) is 9.52 Å². The van der Waals surface area contributed by atoms with Gasteiger partial charge >= 0.3 is 0 Å². The molecule has 3 heteroatoms. The third-order valence-electron chi connectivity index (χ3n) is 0.498. The summed E-state index contributed by atoms with van der Waals surface area (Å²) in [6.45, 7) is 4.06. The van der Waals surface area contributed by atoms with Gasteiger partial charge in [0.15, 0.2) is 0 Å². The van der Waals surface area contributed by atoms with Gasteiger partial charge in [0.2, 0.25) is 0 Å². The molecule has 0 nitrogen and oxygen atoms in total. The second kappa shape index (κ2) is 4.42. The highest BCUT2D eigenvalue weighted by Crippen LogP contribution is 1.99. The summed E-state index contributed by atoms with van der Waals surface area (Å²) in [5.74, 6) is 0. The van der Waals surface area contributed by atoms with Gasteiger partial charge < -0.3 is 0 Å². The summed E-state index contributed by atoms with van der Waals surface area (Å²) in [6.07, 6.45) is 0. The van der Waals surface area contributed by atoms with Crippen molar-refractivity contribution in [1.29, 1.82) is 0 Å². The van der Waals surface area contributed by atoms with Gasteiger partial charge in [-0.05, 0) is 13.8 Å². The van der Waals surface area contributed by atoms with E-state index in [-0.39, 0.29) is 4.46 Å². The molecule has 0 heterocycles. The molecule has 0 atom stereocenters. The van der Waals surface area contributed by atoms with Crippen LogP contribution in [0.5, 0.6) is 0 Å². The Morgan fingerprint density at radius 1 is 1.50 bits per heavy atom. The van der Waals surface area contributed by atoms with Crippen molar-refractivity contribution >= 4 is 32.7 Å². The summed E-state index contributed by atoms with van der Waals surface area (Å²) in [4.78, 5) is 0. The zero-order valence-corrected chi connectivity index (χ0v) is 7.42. The van der Waals surface area contributed by atoms with E-state index in [1.807, 2.05) is 19.5 Å². The highest BCUT2D eigenvalue weighted by atomic mass is 35.5. The third kappa shape index (κ3) is 6.54. The smallest absolute Gasteiger partial charge is 0.110 e. The minimum atomic E-state index is -0.218. The molecule has 0 aliphatic carbocycles. The van der Waals surface area contributed by atoms with Gasteiger partial charge in [-0.25, -0.2) is 0 Å². The van der Waals surface area contributed by atoms with Crippen LogP contribution in [0.25, 0.3) is 0 Å². The molecule has 0 saturated carbocycles. The molecule has 0 spiro atoms. The maximum atomic E-state index is 5.46. The SMILES string of the molecule is CC(C)=C[Si]C(Cl)Cl. The van der Waals surface area contributed by atoms with E-state index in [9.17, 15) is 0 Å². The van der Waals surface area contributed by atoms with Gasteiger partial charge in [-0.1, -0.05) is 11.3 Å². The van der Waals surface area contributed by atoms with E-state index in [2.05, 4.69) is 0 Å². The number of allylic oxidation sites excluding steroid dienone is 1. The molecule has 0 fully saturated rings. The zero-order valence-electron chi connectivity index (χ0n) is 4.91. The lowest BCUT2D eigenvalue weighted by molar-refractivity contribution is 1.41. The highest BCUT2D eigenvalue weighted by molar-refractivity contribution is 6.71. The minimum Gasteiger partial charge on any atom is -0.110 e. The number of rotatable bonds is 2. The molecular weight excluding hydrogens is 159 g/mol. The molecule has 2 radical (unpaired) electrons. The molecule has 8 heavy (non-hydrogen) atoms. The van der Waals surface area contributed by atoms with Crippen LogP contribution in [0.2, 0.25) is 0 Å². The van der Waals surface area contributed by atoms with Crippen LogP contribution in [0.4, 0.5) is 0 Å². The number of hydrogen-bond donors (Lipinski definition) is 0. The number of alkyl halides is 2. The van der Waals surface area contributed by atoms with Crippen LogP contribution in [-0.4, -0.2) is 14.0 Å². The molecule has 0 amide bonds. The molecule has 0 rings (SSSR count). The van der Waals surface area contributed by atoms with Gasteiger partial charge in [-0.15, -0.1) is 23.2 Å². The summed E-state index contributed by atoms with van der Waals surface area (Å²) < 4.78 is -0.218. The monoisotopic (exact) mass is 166 g/mol. The molecule has 0 N–H and O–H groups in total. The quantitative estimate of drug-likeness (QED) is 0.437. The fraction of sp³-hybridized carbons (Fsp3) is 0.600. The Morgan fingerprint density at radius 2 is 2.00 bits per heavy atom. The van der Waals surface area contributed by atoms with Gasteiger partial charge in [0.25, 0.3) is 0 Å². The Labute approximate surface area is 62.7 Å². The molecule has 0 aromatic heterocycles. The summed E-state index contributed by atoms with van der Waals surface area (Å²) in [5, 5.41) is 0. The van der Waals surface area contributed by atoms with Crippen molar-refractivity contribution in [2.24, 2.45) is 0 Å². The summed E-state index contributed by atoms with van der Waals surface area (Å²) in [5.41, 5.74) is 3.32. The predicted molar refractivity (Wildman–Crippen MR) is 40.7 cm³/mol. The van der Waals surface area contributed by atoms with Crippen molar-refractivity contribution in [3.8, 4) is 0 Å². The Kier molecular flexibility index (Phi) is 4.72. The molecule has 0 aliphatic heterocycles. The Morgan fingerprint density at radius 3 is 2.12 bits per heavy atom. The highest BCUT2D eigenvalue weighted by Gasteiger charge is 1.94. The van der Waals surface area contributed by atoms with Crippen molar-refractivity contribution in [3.05, 3.63) is 11.3 Å². The normalized spacial score (nSPS) is 9.62. The first kappa shape index (κ1) is 8.54. The molecule has 0 aromatic carbocycles. The second-order valence-corrected chi connectivity index (χ2v) is 4.72. The predicted octanol–water partition coefficient (Wildman–Crippen LogP) is 2.38. The molecule has 46 valence electrons. The van der Waals surface area contributed by atoms with Crippen LogP contribution in [0, 0.1) is 0 Å². The van der Waals surface area contributed by atoms with Crippen LogP contribution in [0.15, 0.2) is 11.3 Å². The summed E-state index contributed by atoms with van der Waals surface area (Å²) in [7, 11) is 0.538. The number of halogens is 2. The standard InChI is InChI=1S/C5H8Cl2Si/c1-4(2)3-8-5(6)7/h3,5H,1-2H3. The third-order valence-corrected chi connectivity index (χ3v) is 2.25. The topological polar surface area (TPSA) is 0 Å². The van der Waals surface area contributed by atoms with Crippen molar-refractivity contribution in [2.45, 2.75) is 18.3 Å². The van der Waals surface area contributed by atoms with E-state index < -0.39 is 0 Å².